The Balaban J connectivity index is 7.48. The van der Waals surface area contributed by atoms with Crippen molar-refractivity contribution in [1.82, 2.24) is 10.2 Å². The first kappa shape index (κ1) is 42.6. The molecule has 0 heterocycles. The van der Waals surface area contributed by atoms with E-state index in [2.05, 4.69) is 5.32 Å². The van der Waals surface area contributed by atoms with E-state index in [-0.39, 0.29) is 6.03 Å². The van der Waals surface area contributed by atoms with Crippen molar-refractivity contribution in [1.29, 1.82) is 0 Å². The first-order valence-electron chi connectivity index (χ1n) is 16.5. The van der Waals surface area contributed by atoms with Gasteiger partial charge in [-0.1, -0.05) is 20.8 Å². The van der Waals surface area contributed by atoms with Crippen LogP contribution in [0.2, 0.25) is 0 Å². The van der Waals surface area contributed by atoms with Gasteiger partial charge in [-0.15, -0.1) is 0 Å². The summed E-state index contributed by atoms with van der Waals surface area (Å²) in [6, 6.07) is -0.353. The molecule has 0 aromatic rings. The maximum atomic E-state index is 14.9. The minimum atomic E-state index is -3.49. The summed E-state index contributed by atoms with van der Waals surface area (Å²) in [5.74, 6) is 0. The lowest BCUT2D eigenvalue weighted by Crippen LogP contribution is -2.74. The molecule has 258 valence electrons. The summed E-state index contributed by atoms with van der Waals surface area (Å²) < 4.78 is 57.0. The zero-order valence-electron chi connectivity index (χ0n) is 29.2. The standard InChI is InChI=1S/C28H64N2O10Si3/c1-13-25(41(32-16-4,33-17-5)34-18-6)29-28(31)30(26(14-2)42(35-19-7,36-20-8)37-21-9)27(15-3)43(38-22-10,39-23-11)40-24-12/h25-27H,13-24H2,1-12H3,(H,29,31). The van der Waals surface area contributed by atoms with Crippen LogP contribution in [0.3, 0.4) is 0 Å². The van der Waals surface area contributed by atoms with E-state index in [1.165, 1.54) is 0 Å². The average Bonchev–Trinajstić information content (AvgIpc) is 2.97. The van der Waals surface area contributed by atoms with Gasteiger partial charge in [-0.25, -0.2) is 4.79 Å². The molecular weight excluding hydrogens is 609 g/mol. The van der Waals surface area contributed by atoms with Gasteiger partial charge in [-0.3, -0.25) is 0 Å². The molecule has 0 saturated carbocycles. The molecule has 0 aliphatic carbocycles. The number of amides is 2. The minimum Gasteiger partial charge on any atom is -0.373 e. The van der Waals surface area contributed by atoms with Gasteiger partial charge >= 0.3 is 32.4 Å². The Kier molecular flexibility index (Phi) is 22.7. The molecule has 0 spiro atoms. The largest absolute Gasteiger partial charge is 0.524 e. The third-order valence-corrected chi connectivity index (χ3v) is 17.4. The van der Waals surface area contributed by atoms with Crippen molar-refractivity contribution >= 4 is 32.4 Å². The second-order valence-electron chi connectivity index (χ2n) is 9.37. The number of nitrogens with one attached hydrogen (secondary N) is 1. The van der Waals surface area contributed by atoms with E-state index in [9.17, 15) is 4.79 Å². The number of carbonyl (C=O) groups excluding carboxylic acids is 1. The second-order valence-corrected chi connectivity index (χ2v) is 17.6. The number of rotatable bonds is 27. The van der Waals surface area contributed by atoms with Gasteiger partial charge in [0, 0.05) is 59.5 Å². The van der Waals surface area contributed by atoms with Gasteiger partial charge in [0.15, 0.2) is 0 Å². The van der Waals surface area contributed by atoms with Crippen LogP contribution in [-0.2, 0) is 39.8 Å². The summed E-state index contributed by atoms with van der Waals surface area (Å²) in [4.78, 5) is 16.7. The Morgan fingerprint density at radius 2 is 0.721 bits per heavy atom. The molecule has 0 fully saturated rings. The minimum absolute atomic E-state index is 0.353. The van der Waals surface area contributed by atoms with Gasteiger partial charge in [-0.2, -0.15) is 0 Å². The highest BCUT2D eigenvalue weighted by Gasteiger charge is 2.61. The lowest BCUT2D eigenvalue weighted by Gasteiger charge is -2.48. The first-order chi connectivity index (χ1) is 20.7. The Hall–Kier alpha value is -0.439. The van der Waals surface area contributed by atoms with Crippen LogP contribution in [0.4, 0.5) is 4.79 Å². The lowest BCUT2D eigenvalue weighted by atomic mass is 10.3. The normalized spacial score (nSPS) is 14.9. The van der Waals surface area contributed by atoms with Crippen LogP contribution in [0.1, 0.15) is 102 Å². The van der Waals surface area contributed by atoms with Crippen molar-refractivity contribution in [2.45, 2.75) is 119 Å². The molecular formula is C28H64N2O10Si3. The molecule has 1 N–H and O–H groups in total. The predicted octanol–water partition coefficient (Wildman–Crippen LogP) is 5.10. The molecule has 0 aromatic carbocycles. The van der Waals surface area contributed by atoms with E-state index < -0.39 is 43.4 Å². The van der Waals surface area contributed by atoms with Crippen LogP contribution in [0, 0.1) is 0 Å². The summed E-state index contributed by atoms with van der Waals surface area (Å²) in [7, 11) is -10.3. The van der Waals surface area contributed by atoms with Crippen LogP contribution in [0.15, 0.2) is 0 Å². The van der Waals surface area contributed by atoms with Crippen LogP contribution in [-0.4, -0.2) is 114 Å². The van der Waals surface area contributed by atoms with Crippen LogP contribution in [0.5, 0.6) is 0 Å². The highest BCUT2D eigenvalue weighted by Crippen LogP contribution is 2.32. The molecule has 15 heteroatoms. The molecule has 0 aliphatic heterocycles. The third-order valence-electron chi connectivity index (χ3n) is 6.74. The van der Waals surface area contributed by atoms with Gasteiger partial charge in [0.25, 0.3) is 0 Å². The lowest BCUT2D eigenvalue weighted by molar-refractivity contribution is 0.0124. The van der Waals surface area contributed by atoms with Crippen molar-refractivity contribution in [3.05, 3.63) is 0 Å². The fourth-order valence-corrected chi connectivity index (χ4v) is 14.8. The van der Waals surface area contributed by atoms with Gasteiger partial charge < -0.3 is 50.1 Å². The van der Waals surface area contributed by atoms with Gasteiger partial charge in [0.1, 0.15) is 17.0 Å². The Morgan fingerprint density at radius 3 is 0.930 bits per heavy atom. The molecule has 3 unspecified atom stereocenters. The van der Waals surface area contributed by atoms with Crippen molar-refractivity contribution < 1.29 is 44.6 Å². The zero-order valence-corrected chi connectivity index (χ0v) is 32.2. The number of hydrogen-bond acceptors (Lipinski definition) is 10. The van der Waals surface area contributed by atoms with Gasteiger partial charge in [-0.05, 0) is 81.6 Å². The molecule has 0 aromatic heterocycles. The summed E-state index contributed by atoms with van der Waals surface area (Å²) in [5, 5.41) is 3.27. The van der Waals surface area contributed by atoms with Crippen LogP contribution in [0.25, 0.3) is 0 Å². The third kappa shape index (κ3) is 11.4. The number of urea groups is 1. The SMILES string of the molecule is CCO[Si](OCC)(OCC)C(CC)NC(=O)N(C(CC)[Si](OCC)(OCC)OCC)C(CC)[Si](OCC)(OCC)OCC. The molecule has 3 atom stereocenters. The van der Waals surface area contributed by atoms with E-state index in [0.717, 1.165) is 0 Å². The zero-order chi connectivity index (χ0) is 32.9. The van der Waals surface area contributed by atoms with Gasteiger partial charge in [0.05, 0.1) is 0 Å². The molecule has 2 amide bonds. The van der Waals surface area contributed by atoms with E-state index in [4.69, 9.17) is 39.8 Å². The first-order valence-corrected chi connectivity index (χ1v) is 21.9. The average molecular weight is 673 g/mol. The molecule has 0 bridgehead atoms. The molecule has 0 radical (unpaired) electrons. The smallest absolute Gasteiger partial charge is 0.373 e. The summed E-state index contributed by atoms with van der Waals surface area (Å²) in [6.07, 6.45) is 1.55. The summed E-state index contributed by atoms with van der Waals surface area (Å²) in [6.45, 7) is 26.6. The van der Waals surface area contributed by atoms with Crippen LogP contribution >= 0.6 is 0 Å². The molecule has 0 saturated heterocycles. The monoisotopic (exact) mass is 672 g/mol. The van der Waals surface area contributed by atoms with E-state index in [0.29, 0.717) is 78.7 Å². The predicted molar refractivity (Wildman–Crippen MR) is 175 cm³/mol. The van der Waals surface area contributed by atoms with Crippen LogP contribution < -0.4 is 5.32 Å². The molecule has 12 nitrogen and oxygen atoms in total. The van der Waals surface area contributed by atoms with E-state index >= 15 is 0 Å². The summed E-state index contributed by atoms with van der Waals surface area (Å²) in [5.41, 5.74) is -1.64. The molecule has 0 rings (SSSR count). The molecule has 43 heavy (non-hydrogen) atoms. The Bertz CT molecular complexity index is 643. The van der Waals surface area contributed by atoms with Crippen molar-refractivity contribution in [3.8, 4) is 0 Å². The highest BCUT2D eigenvalue weighted by atomic mass is 28.4. The number of hydrogen-bond donors (Lipinski definition) is 1. The summed E-state index contributed by atoms with van der Waals surface area (Å²) >= 11 is 0. The van der Waals surface area contributed by atoms with E-state index in [1.807, 2.05) is 83.1 Å². The molecule has 0 aliphatic rings. The fourth-order valence-electron chi connectivity index (χ4n) is 5.46. The number of nitrogens with zero attached hydrogens (tertiary/aromatic N) is 1. The maximum absolute atomic E-state index is 14.9. The quantitative estimate of drug-likeness (QED) is 0.118. The Morgan fingerprint density at radius 1 is 0.465 bits per heavy atom. The fraction of sp³-hybridized carbons (Fsp3) is 0.964. The topological polar surface area (TPSA) is 115 Å². The highest BCUT2D eigenvalue weighted by molar-refractivity contribution is 6.65. The van der Waals surface area contributed by atoms with E-state index in [1.54, 1.807) is 4.90 Å². The van der Waals surface area contributed by atoms with Gasteiger partial charge in [0.2, 0.25) is 0 Å². The van der Waals surface area contributed by atoms with Crippen molar-refractivity contribution in [2.24, 2.45) is 0 Å². The second kappa shape index (κ2) is 23.0. The van der Waals surface area contributed by atoms with Crippen molar-refractivity contribution in [2.75, 3.05) is 59.5 Å². The van der Waals surface area contributed by atoms with Crippen molar-refractivity contribution in [3.63, 3.8) is 0 Å². The Labute approximate surface area is 265 Å². The number of carbonyl (C=O) groups is 1. The maximum Gasteiger partial charge on any atom is 0.524 e.